The number of hydrogen-bond acceptors (Lipinski definition) is 4. The van der Waals surface area contributed by atoms with E-state index >= 15 is 0 Å². The first-order valence-corrected chi connectivity index (χ1v) is 10.9. The molecule has 1 heterocycles. The van der Waals surface area contributed by atoms with Gasteiger partial charge in [-0.2, -0.15) is 0 Å². The largest absolute Gasteiger partial charge is 0.449 e. The van der Waals surface area contributed by atoms with Crippen molar-refractivity contribution in [3.63, 3.8) is 0 Å². The standard InChI is InChI=1S/C23H37N3O3/c1-6-24(19(4)5)16-20-8-10-21(11-9-20)22(27)25-12-7-13-26(15-14-25)23(28)29-17-18(2)3/h8-11,18-19H,6-7,12-17H2,1-5H3. The second-order valence-corrected chi connectivity index (χ2v) is 8.46. The van der Waals surface area contributed by atoms with Crippen LogP contribution in [0.2, 0.25) is 0 Å². The van der Waals surface area contributed by atoms with Gasteiger partial charge < -0.3 is 14.5 Å². The van der Waals surface area contributed by atoms with Crippen molar-refractivity contribution in [3.05, 3.63) is 35.4 Å². The van der Waals surface area contributed by atoms with Crippen molar-refractivity contribution in [2.24, 2.45) is 5.92 Å². The van der Waals surface area contributed by atoms with E-state index in [2.05, 4.69) is 25.7 Å². The van der Waals surface area contributed by atoms with Gasteiger partial charge in [0.15, 0.2) is 0 Å². The molecule has 29 heavy (non-hydrogen) atoms. The number of hydrogen-bond donors (Lipinski definition) is 0. The smallest absolute Gasteiger partial charge is 0.409 e. The minimum atomic E-state index is -0.275. The Morgan fingerprint density at radius 2 is 1.62 bits per heavy atom. The third-order valence-electron chi connectivity index (χ3n) is 5.30. The molecule has 0 aromatic heterocycles. The van der Waals surface area contributed by atoms with E-state index in [1.54, 1.807) is 4.90 Å². The molecule has 162 valence electrons. The van der Waals surface area contributed by atoms with E-state index in [9.17, 15) is 9.59 Å². The highest BCUT2D eigenvalue weighted by atomic mass is 16.6. The van der Waals surface area contributed by atoms with E-state index in [1.807, 2.05) is 43.0 Å². The van der Waals surface area contributed by atoms with Gasteiger partial charge in [-0.25, -0.2) is 4.79 Å². The highest BCUT2D eigenvalue weighted by molar-refractivity contribution is 5.94. The van der Waals surface area contributed by atoms with Crippen LogP contribution in [-0.4, -0.2) is 72.1 Å². The lowest BCUT2D eigenvalue weighted by Gasteiger charge is -2.25. The number of nitrogens with zero attached hydrogens (tertiary/aromatic N) is 3. The summed E-state index contributed by atoms with van der Waals surface area (Å²) in [6, 6.07) is 8.43. The maximum Gasteiger partial charge on any atom is 0.409 e. The molecule has 1 fully saturated rings. The molecular weight excluding hydrogens is 366 g/mol. The van der Waals surface area contributed by atoms with E-state index in [4.69, 9.17) is 4.74 Å². The molecule has 0 radical (unpaired) electrons. The summed E-state index contributed by atoms with van der Waals surface area (Å²) in [4.78, 5) is 31.1. The lowest BCUT2D eigenvalue weighted by molar-refractivity contribution is 0.0746. The topological polar surface area (TPSA) is 53.1 Å². The molecule has 0 aliphatic carbocycles. The van der Waals surface area contributed by atoms with Crippen molar-refractivity contribution in [1.29, 1.82) is 0 Å². The number of amides is 2. The molecule has 0 unspecified atom stereocenters. The Kier molecular flexibility index (Phi) is 8.96. The van der Waals surface area contributed by atoms with Crippen LogP contribution in [0, 0.1) is 5.92 Å². The van der Waals surface area contributed by atoms with Crippen molar-refractivity contribution in [3.8, 4) is 0 Å². The van der Waals surface area contributed by atoms with Gasteiger partial charge in [-0.1, -0.05) is 32.9 Å². The van der Waals surface area contributed by atoms with Gasteiger partial charge in [0.2, 0.25) is 0 Å². The third kappa shape index (κ3) is 7.03. The number of carbonyl (C=O) groups is 2. The molecule has 0 bridgehead atoms. The summed E-state index contributed by atoms with van der Waals surface area (Å²) in [6.45, 7) is 15.2. The van der Waals surface area contributed by atoms with E-state index in [-0.39, 0.29) is 12.0 Å². The fourth-order valence-corrected chi connectivity index (χ4v) is 3.46. The van der Waals surface area contributed by atoms with Gasteiger partial charge in [-0.3, -0.25) is 9.69 Å². The molecule has 6 heteroatoms. The van der Waals surface area contributed by atoms with E-state index < -0.39 is 0 Å². The molecule has 2 rings (SSSR count). The Morgan fingerprint density at radius 1 is 1.00 bits per heavy atom. The van der Waals surface area contributed by atoms with Crippen LogP contribution in [0.5, 0.6) is 0 Å². The van der Waals surface area contributed by atoms with Crippen LogP contribution in [0.25, 0.3) is 0 Å². The van der Waals surface area contributed by atoms with Crippen LogP contribution in [0.4, 0.5) is 4.79 Å². The molecule has 0 N–H and O–H groups in total. The van der Waals surface area contributed by atoms with Crippen molar-refractivity contribution in [1.82, 2.24) is 14.7 Å². The van der Waals surface area contributed by atoms with Crippen LogP contribution < -0.4 is 0 Å². The Bertz CT molecular complexity index is 658. The summed E-state index contributed by atoms with van der Waals surface area (Å²) in [5.41, 5.74) is 1.92. The van der Waals surface area contributed by atoms with Crippen molar-refractivity contribution in [2.75, 3.05) is 39.3 Å². The summed E-state index contributed by atoms with van der Waals surface area (Å²) in [7, 11) is 0. The lowest BCUT2D eigenvalue weighted by atomic mass is 10.1. The fourth-order valence-electron chi connectivity index (χ4n) is 3.46. The molecule has 1 aliphatic heterocycles. The Hall–Kier alpha value is -2.08. The average Bonchev–Trinajstić information content (AvgIpc) is 2.96. The van der Waals surface area contributed by atoms with Crippen molar-refractivity contribution in [2.45, 2.75) is 53.6 Å². The Morgan fingerprint density at radius 3 is 2.21 bits per heavy atom. The van der Waals surface area contributed by atoms with Crippen LogP contribution >= 0.6 is 0 Å². The van der Waals surface area contributed by atoms with Crippen molar-refractivity contribution >= 4 is 12.0 Å². The van der Waals surface area contributed by atoms with Gasteiger partial charge in [0.25, 0.3) is 5.91 Å². The summed E-state index contributed by atoms with van der Waals surface area (Å²) in [5, 5.41) is 0. The normalized spacial score (nSPS) is 15.2. The molecule has 6 nitrogen and oxygen atoms in total. The van der Waals surface area contributed by atoms with Crippen LogP contribution in [-0.2, 0) is 11.3 Å². The SMILES string of the molecule is CCN(Cc1ccc(C(=O)N2CCCN(C(=O)OCC(C)C)CC2)cc1)C(C)C. The summed E-state index contributed by atoms with van der Waals surface area (Å²) in [5.74, 6) is 0.349. The van der Waals surface area contributed by atoms with E-state index in [0.29, 0.717) is 50.3 Å². The molecule has 0 atom stereocenters. The monoisotopic (exact) mass is 403 g/mol. The van der Waals surface area contributed by atoms with Gasteiger partial charge >= 0.3 is 6.09 Å². The quantitative estimate of drug-likeness (QED) is 0.694. The number of carbonyl (C=O) groups excluding carboxylic acids is 2. The first kappa shape index (κ1) is 23.2. The van der Waals surface area contributed by atoms with Gasteiger partial charge in [0.1, 0.15) is 0 Å². The predicted octanol–water partition coefficient (Wildman–Crippen LogP) is 3.86. The summed E-state index contributed by atoms with van der Waals surface area (Å²) >= 11 is 0. The first-order valence-electron chi connectivity index (χ1n) is 10.9. The number of rotatable bonds is 7. The Labute approximate surface area is 175 Å². The maximum absolute atomic E-state index is 12.9. The lowest BCUT2D eigenvalue weighted by Crippen LogP contribution is -2.38. The second-order valence-electron chi connectivity index (χ2n) is 8.46. The highest BCUT2D eigenvalue weighted by Crippen LogP contribution is 2.14. The molecular formula is C23H37N3O3. The zero-order valence-corrected chi connectivity index (χ0v) is 18.7. The predicted molar refractivity (Wildman–Crippen MR) is 116 cm³/mol. The van der Waals surface area contributed by atoms with E-state index in [0.717, 1.165) is 19.5 Å². The molecule has 1 aliphatic rings. The van der Waals surface area contributed by atoms with Gasteiger partial charge in [-0.05, 0) is 50.4 Å². The van der Waals surface area contributed by atoms with Crippen LogP contribution in [0.1, 0.15) is 57.0 Å². The van der Waals surface area contributed by atoms with Gasteiger partial charge in [0, 0.05) is 44.3 Å². The highest BCUT2D eigenvalue weighted by Gasteiger charge is 2.23. The maximum atomic E-state index is 12.9. The molecule has 1 aromatic rings. The molecule has 1 aromatic carbocycles. The minimum absolute atomic E-state index is 0.0326. The molecule has 1 saturated heterocycles. The Balaban J connectivity index is 1.92. The zero-order valence-electron chi connectivity index (χ0n) is 18.7. The van der Waals surface area contributed by atoms with Crippen molar-refractivity contribution < 1.29 is 14.3 Å². The first-order chi connectivity index (χ1) is 13.8. The number of benzene rings is 1. The molecule has 0 saturated carbocycles. The summed E-state index contributed by atoms with van der Waals surface area (Å²) in [6.07, 6.45) is 0.489. The molecule has 2 amide bonds. The minimum Gasteiger partial charge on any atom is -0.449 e. The van der Waals surface area contributed by atoms with Gasteiger partial charge in [-0.15, -0.1) is 0 Å². The summed E-state index contributed by atoms with van der Waals surface area (Å²) < 4.78 is 5.33. The second kappa shape index (κ2) is 11.2. The van der Waals surface area contributed by atoms with Crippen LogP contribution in [0.15, 0.2) is 24.3 Å². The van der Waals surface area contributed by atoms with E-state index in [1.165, 1.54) is 5.56 Å². The van der Waals surface area contributed by atoms with Crippen LogP contribution in [0.3, 0.4) is 0 Å². The zero-order chi connectivity index (χ0) is 21.4. The number of ether oxygens (including phenoxy) is 1. The fraction of sp³-hybridized carbons (Fsp3) is 0.652. The van der Waals surface area contributed by atoms with Gasteiger partial charge in [0.05, 0.1) is 6.61 Å². The average molecular weight is 404 g/mol. The third-order valence-corrected chi connectivity index (χ3v) is 5.30. The molecule has 0 spiro atoms.